The Morgan fingerprint density at radius 1 is 1.23 bits per heavy atom. The average Bonchev–Trinajstić information content (AvgIpc) is 3.66. The lowest BCUT2D eigenvalue weighted by atomic mass is 9.71. The first-order chi connectivity index (χ1) is 18.9. The minimum Gasteiger partial charge on any atom is -0.466 e. The van der Waals surface area contributed by atoms with E-state index in [0.717, 1.165) is 5.52 Å². The second-order valence-corrected chi connectivity index (χ2v) is 12.8. The van der Waals surface area contributed by atoms with Gasteiger partial charge in [-0.1, -0.05) is 63.6 Å². The summed E-state index contributed by atoms with van der Waals surface area (Å²) in [5, 5.41) is 21.6. The molecule has 10 nitrogen and oxygen atoms in total. The van der Waals surface area contributed by atoms with E-state index in [0.29, 0.717) is 17.5 Å². The van der Waals surface area contributed by atoms with Crippen molar-refractivity contribution >= 4 is 56.5 Å². The number of aliphatic hydroxyl groups is 1. The first kappa shape index (κ1) is 26.3. The van der Waals surface area contributed by atoms with Crippen LogP contribution in [0.1, 0.15) is 24.9 Å². The van der Waals surface area contributed by atoms with Crippen LogP contribution in [-0.4, -0.2) is 76.9 Å². The van der Waals surface area contributed by atoms with Crippen molar-refractivity contribution in [2.45, 2.75) is 46.9 Å². The Morgan fingerprint density at radius 3 is 2.72 bits per heavy atom. The fourth-order valence-electron chi connectivity index (χ4n) is 6.52. The molecule has 0 aliphatic carbocycles. The topological polar surface area (TPSA) is 127 Å². The number of nitrogens with zero attached hydrogens (tertiary/aromatic N) is 4. The number of aromatic nitrogens is 3. The average molecular weight is 615 g/mol. The number of carbonyl (C=O) groups excluding carboxylic acids is 3. The third-order valence-electron chi connectivity index (χ3n) is 8.05. The van der Waals surface area contributed by atoms with Gasteiger partial charge in [0.2, 0.25) is 11.8 Å². The van der Waals surface area contributed by atoms with E-state index in [-0.39, 0.29) is 41.8 Å². The molecular formula is C27H28BrN5O5S. The molecule has 39 heavy (non-hydrogen) atoms. The van der Waals surface area contributed by atoms with E-state index in [1.165, 1.54) is 16.7 Å². The van der Waals surface area contributed by atoms with E-state index in [4.69, 9.17) is 4.74 Å². The number of carbonyl (C=O) groups is 3. The molecule has 2 amide bonds. The van der Waals surface area contributed by atoms with Crippen LogP contribution in [0, 0.1) is 11.8 Å². The molecular weight excluding hydrogens is 586 g/mol. The zero-order chi connectivity index (χ0) is 27.3. The highest BCUT2D eigenvalue weighted by molar-refractivity contribution is 9.09. The molecule has 3 fully saturated rings. The predicted octanol–water partition coefficient (Wildman–Crippen LogP) is 2.27. The number of para-hydroxylation sites is 1. The summed E-state index contributed by atoms with van der Waals surface area (Å²) in [6.07, 6.45) is 0.530. The summed E-state index contributed by atoms with van der Waals surface area (Å²) in [5.41, 5.74) is 2.19. The van der Waals surface area contributed by atoms with Crippen molar-refractivity contribution in [3.05, 3.63) is 60.2 Å². The molecule has 4 heterocycles. The minimum atomic E-state index is -0.920. The highest BCUT2D eigenvalue weighted by Gasteiger charge is 2.76. The molecule has 7 atom stereocenters. The first-order valence-electron chi connectivity index (χ1n) is 12.9. The molecule has 1 spiro atoms. The monoisotopic (exact) mass is 613 g/mol. The number of aliphatic hydroxyl groups excluding tert-OH is 1. The standard InChI is InChI=1S/C27H28BrN5O5S/c1-2-38-26(37)20-21-25(36)33(19(13-34)15-8-4-3-5-9-15)23(27(21)12-16(28)22(20)39-27)24(35)29-14-32-18-11-7-6-10-17(18)30-31-32/h3-11,16,19-23,34H,2,12-14H2,1H3,(H,29,35)/t16?,19-,20-,21+,22-,23?,27?/m1/s1. The molecule has 12 heteroatoms. The van der Waals surface area contributed by atoms with Gasteiger partial charge in [-0.15, -0.1) is 16.9 Å². The van der Waals surface area contributed by atoms with Crippen molar-refractivity contribution in [3.8, 4) is 0 Å². The SMILES string of the molecule is CCOC(=O)[C@H]1[C@@H]2SC3(CC2Br)C(C(=O)NCn2nnc4ccccc42)N([C@H](CO)c2ccccc2)C(=O)[C@H]13. The lowest BCUT2D eigenvalue weighted by molar-refractivity contribution is -0.154. The van der Waals surface area contributed by atoms with E-state index in [9.17, 15) is 19.5 Å². The van der Waals surface area contributed by atoms with Crippen LogP contribution in [0.2, 0.25) is 0 Å². The van der Waals surface area contributed by atoms with E-state index < -0.39 is 34.6 Å². The summed E-state index contributed by atoms with van der Waals surface area (Å²) in [6, 6.07) is 15.0. The highest BCUT2D eigenvalue weighted by atomic mass is 79.9. The second-order valence-electron chi connectivity index (χ2n) is 10.0. The molecule has 6 rings (SSSR count). The van der Waals surface area contributed by atoms with Gasteiger partial charge in [0.1, 0.15) is 18.2 Å². The molecule has 0 radical (unpaired) electrons. The lowest BCUT2D eigenvalue weighted by Crippen LogP contribution is -2.55. The van der Waals surface area contributed by atoms with Gasteiger partial charge in [-0.3, -0.25) is 14.4 Å². The summed E-state index contributed by atoms with van der Waals surface area (Å²) in [6.45, 7) is 1.63. The summed E-state index contributed by atoms with van der Waals surface area (Å²) >= 11 is 5.26. The summed E-state index contributed by atoms with van der Waals surface area (Å²) in [4.78, 5) is 43.0. The van der Waals surface area contributed by atoms with Crippen molar-refractivity contribution in [1.29, 1.82) is 0 Å². The normalized spacial score (nSPS) is 30.0. The number of fused-ring (bicyclic) bond motifs is 2. The molecule has 3 aliphatic rings. The maximum atomic E-state index is 14.3. The number of amides is 2. The van der Waals surface area contributed by atoms with Crippen LogP contribution < -0.4 is 5.32 Å². The Bertz CT molecular complexity index is 1420. The second kappa shape index (κ2) is 10.2. The maximum absolute atomic E-state index is 14.3. The molecule has 1 aromatic heterocycles. The Labute approximate surface area is 237 Å². The molecule has 0 saturated carbocycles. The smallest absolute Gasteiger partial charge is 0.310 e. The predicted molar refractivity (Wildman–Crippen MR) is 148 cm³/mol. The summed E-state index contributed by atoms with van der Waals surface area (Å²) in [5.74, 6) is -2.51. The van der Waals surface area contributed by atoms with Gasteiger partial charge in [-0.05, 0) is 31.0 Å². The Morgan fingerprint density at radius 2 is 1.97 bits per heavy atom. The Hall–Kier alpha value is -2.96. The quantitative estimate of drug-likeness (QED) is 0.293. The van der Waals surface area contributed by atoms with Crippen molar-refractivity contribution < 1.29 is 24.2 Å². The van der Waals surface area contributed by atoms with Gasteiger partial charge in [-0.2, -0.15) is 0 Å². The molecule has 3 aliphatic heterocycles. The van der Waals surface area contributed by atoms with Crippen LogP contribution in [0.15, 0.2) is 54.6 Å². The molecule has 2 bridgehead atoms. The highest BCUT2D eigenvalue weighted by Crippen LogP contribution is 2.68. The number of nitrogens with one attached hydrogen (secondary N) is 1. The fraction of sp³-hybridized carbons (Fsp3) is 0.444. The summed E-state index contributed by atoms with van der Waals surface area (Å²) < 4.78 is 6.15. The molecule has 204 valence electrons. The van der Waals surface area contributed by atoms with Crippen LogP contribution in [0.4, 0.5) is 0 Å². The van der Waals surface area contributed by atoms with Gasteiger partial charge in [0, 0.05) is 10.1 Å². The number of esters is 1. The molecule has 2 aromatic carbocycles. The molecule has 3 aromatic rings. The van der Waals surface area contributed by atoms with Crippen LogP contribution in [0.3, 0.4) is 0 Å². The number of hydrogen-bond acceptors (Lipinski definition) is 8. The van der Waals surface area contributed by atoms with Gasteiger partial charge >= 0.3 is 5.97 Å². The van der Waals surface area contributed by atoms with Gasteiger partial charge in [-0.25, -0.2) is 4.68 Å². The fourth-order valence-corrected chi connectivity index (χ4v) is 10.1. The van der Waals surface area contributed by atoms with Crippen LogP contribution >= 0.6 is 27.7 Å². The third-order valence-corrected chi connectivity index (χ3v) is 11.3. The van der Waals surface area contributed by atoms with Crippen molar-refractivity contribution in [2.24, 2.45) is 11.8 Å². The van der Waals surface area contributed by atoms with Crippen molar-refractivity contribution in [3.63, 3.8) is 0 Å². The minimum absolute atomic E-state index is 0.0564. The maximum Gasteiger partial charge on any atom is 0.310 e. The number of hydrogen-bond donors (Lipinski definition) is 2. The van der Waals surface area contributed by atoms with E-state index >= 15 is 0 Å². The molecule has 3 unspecified atom stereocenters. The number of halogens is 1. The van der Waals surface area contributed by atoms with Crippen LogP contribution in [0.5, 0.6) is 0 Å². The van der Waals surface area contributed by atoms with Crippen molar-refractivity contribution in [2.75, 3.05) is 13.2 Å². The number of thioether (sulfide) groups is 1. The van der Waals surface area contributed by atoms with Crippen LogP contribution in [0.25, 0.3) is 11.0 Å². The number of ether oxygens (including phenoxy) is 1. The largest absolute Gasteiger partial charge is 0.466 e. The van der Waals surface area contributed by atoms with Crippen molar-refractivity contribution in [1.82, 2.24) is 25.2 Å². The number of rotatable bonds is 8. The van der Waals surface area contributed by atoms with Gasteiger partial charge in [0.15, 0.2) is 0 Å². The number of likely N-dealkylation sites (tertiary alicyclic amines) is 1. The van der Waals surface area contributed by atoms with Crippen LogP contribution in [-0.2, 0) is 25.8 Å². The Kier molecular flexibility index (Phi) is 6.88. The number of alkyl halides is 1. The van der Waals surface area contributed by atoms with Gasteiger partial charge in [0.25, 0.3) is 0 Å². The van der Waals surface area contributed by atoms with Gasteiger partial charge < -0.3 is 20.1 Å². The third kappa shape index (κ3) is 4.06. The Balaban J connectivity index is 1.39. The zero-order valence-corrected chi connectivity index (χ0v) is 23.5. The summed E-state index contributed by atoms with van der Waals surface area (Å²) in [7, 11) is 0. The zero-order valence-electron chi connectivity index (χ0n) is 21.1. The number of benzene rings is 2. The van der Waals surface area contributed by atoms with E-state index in [1.54, 1.807) is 11.6 Å². The van der Waals surface area contributed by atoms with E-state index in [1.807, 2.05) is 54.6 Å². The van der Waals surface area contributed by atoms with E-state index in [2.05, 4.69) is 31.6 Å². The molecule has 3 saturated heterocycles. The first-order valence-corrected chi connectivity index (χ1v) is 14.7. The van der Waals surface area contributed by atoms with Gasteiger partial charge in [0.05, 0.1) is 41.4 Å². The lowest BCUT2D eigenvalue weighted by Gasteiger charge is -2.37. The molecule has 2 N–H and O–H groups in total.